The third-order valence-electron chi connectivity index (χ3n) is 6.21. The minimum absolute atomic E-state index is 0.142. The zero-order valence-electron chi connectivity index (χ0n) is 25.1. The van der Waals surface area contributed by atoms with Gasteiger partial charge in [-0.05, 0) is 136 Å². The number of halogens is 2. The minimum Gasteiger partial charge on any atom is -0.481 e. The number of hydrogen-bond donors (Lipinski definition) is 3. The number of unbranched alkanes of at least 4 members (excludes halogenated alkanes) is 1. The number of rotatable bonds is 17. The van der Waals surface area contributed by atoms with Crippen molar-refractivity contribution in [1.29, 1.82) is 0 Å². The van der Waals surface area contributed by atoms with Gasteiger partial charge >= 0.3 is 0 Å². The molecule has 2 aromatic carbocycles. The Hall–Kier alpha value is 0.0300. The van der Waals surface area contributed by atoms with Gasteiger partial charge in [0, 0.05) is 21.5 Å². The van der Waals surface area contributed by atoms with Crippen molar-refractivity contribution in [2.24, 2.45) is 26.7 Å². The zero-order valence-corrected chi connectivity index (χ0v) is 33.0. The van der Waals surface area contributed by atoms with E-state index in [1.807, 2.05) is 74.2 Å². The van der Waals surface area contributed by atoms with Gasteiger partial charge in [-0.25, -0.2) is 4.78 Å². The van der Waals surface area contributed by atoms with Crippen molar-refractivity contribution in [1.82, 2.24) is 9.56 Å². The van der Waals surface area contributed by atoms with Crippen LogP contribution in [0, 0.1) is 0 Å². The summed E-state index contributed by atoms with van der Waals surface area (Å²) in [5.74, 6) is 1.43. The Balaban J connectivity index is 2.04. The Morgan fingerprint density at radius 3 is 1.93 bits per heavy atom. The molecule has 0 amide bonds. The van der Waals surface area contributed by atoms with Gasteiger partial charge in [0.1, 0.15) is 22.2 Å². The SMILES string of the molecule is CCCCC(C)(Oc1ccc(/C=N/N(C)[PH](=S)C(C)(C)Oc2ccc(/C=N/N(C)P(=S)(Cl)Cl)cc2)cc1)P(N)P(N)PN. The summed E-state index contributed by atoms with van der Waals surface area (Å²) in [7, 11) is 1.67. The molecule has 9 nitrogen and oxygen atoms in total. The molecule has 0 aromatic heterocycles. The highest BCUT2D eigenvalue weighted by molar-refractivity contribution is 8.55. The molecule has 0 bridgehead atoms. The fraction of sp³-hybridized carbons (Fsp3) is 0.440. The van der Waals surface area contributed by atoms with E-state index in [0.717, 1.165) is 36.1 Å². The largest absolute Gasteiger partial charge is 0.481 e. The van der Waals surface area contributed by atoms with Crippen LogP contribution in [0.25, 0.3) is 0 Å². The van der Waals surface area contributed by atoms with Crippen molar-refractivity contribution in [3.05, 3.63) is 59.7 Å². The van der Waals surface area contributed by atoms with Gasteiger partial charge in [0.2, 0.25) is 4.89 Å². The van der Waals surface area contributed by atoms with Gasteiger partial charge in [-0.15, -0.1) is 0 Å². The molecule has 5 unspecified atom stereocenters. The molecule has 0 radical (unpaired) electrons. The lowest BCUT2D eigenvalue weighted by atomic mass is 10.1. The van der Waals surface area contributed by atoms with Crippen molar-refractivity contribution in [3.63, 3.8) is 0 Å². The second kappa shape index (κ2) is 17.8. The predicted octanol–water partition coefficient (Wildman–Crippen LogP) is 8.70. The molecule has 0 aliphatic rings. The molecule has 0 spiro atoms. The van der Waals surface area contributed by atoms with E-state index in [-0.39, 0.29) is 8.42 Å². The maximum absolute atomic E-state index is 6.57. The molecule has 2 aromatic rings. The molecule has 240 valence electrons. The first-order chi connectivity index (χ1) is 20.0. The van der Waals surface area contributed by atoms with E-state index in [4.69, 9.17) is 72.1 Å². The second-order valence-corrected chi connectivity index (χ2v) is 30.0. The summed E-state index contributed by atoms with van der Waals surface area (Å²) in [6.45, 7) is 6.51. The van der Waals surface area contributed by atoms with Crippen LogP contribution in [0.15, 0.2) is 58.7 Å². The van der Waals surface area contributed by atoms with E-state index < -0.39 is 37.6 Å². The van der Waals surface area contributed by atoms with Crippen LogP contribution in [0.1, 0.15) is 58.1 Å². The van der Waals surface area contributed by atoms with Crippen molar-refractivity contribution < 1.29 is 9.47 Å². The fourth-order valence-electron chi connectivity index (χ4n) is 3.65. The van der Waals surface area contributed by atoms with E-state index in [0.29, 0.717) is 5.75 Å². The Kier molecular flexibility index (Phi) is 16.2. The van der Waals surface area contributed by atoms with Crippen LogP contribution < -0.4 is 26.0 Å². The highest BCUT2D eigenvalue weighted by atomic mass is 35.9. The third kappa shape index (κ3) is 12.6. The summed E-state index contributed by atoms with van der Waals surface area (Å²) in [5, 5.41) is 7.67. The molecule has 5 atom stereocenters. The summed E-state index contributed by atoms with van der Waals surface area (Å²) in [6.07, 6.45) is 6.31. The summed E-state index contributed by atoms with van der Waals surface area (Å²) >= 11 is 22.9. The number of nitrogens with two attached hydrogens (primary N) is 3. The van der Waals surface area contributed by atoms with Crippen LogP contribution in [0.5, 0.6) is 11.5 Å². The standard InChI is InChI=1S/C25H42Cl2N7O2P5S2/c1-7-8-17-25(4,38(29)40(30)37-28)36-23-15-11-20(12-16-23)18-31-33(5)39(42)24(2,3)35-22-13-9-21(10-14-22)19-32-34(6)41(26,27)43/h9-16,18-19,37,39H,7-8,17,28-30H2,1-6H3/b31-18+,32-19+. The zero-order chi connectivity index (χ0) is 32.4. The molecular formula is C25H42Cl2N7O2P5S2. The van der Waals surface area contributed by atoms with Crippen molar-refractivity contribution in [3.8, 4) is 11.5 Å². The second-order valence-electron chi connectivity index (χ2n) is 10.2. The van der Waals surface area contributed by atoms with Gasteiger partial charge in [-0.3, -0.25) is 4.78 Å². The molecule has 0 aliphatic carbocycles. The first kappa shape index (κ1) is 39.2. The Morgan fingerprint density at radius 2 is 1.47 bits per heavy atom. The highest BCUT2D eigenvalue weighted by Gasteiger charge is 2.37. The fourth-order valence-corrected chi connectivity index (χ4v) is 11.9. The Morgan fingerprint density at radius 1 is 0.977 bits per heavy atom. The monoisotopic (exact) mass is 761 g/mol. The molecule has 0 heterocycles. The van der Waals surface area contributed by atoms with Gasteiger partial charge < -0.3 is 26.0 Å². The minimum atomic E-state index is -2.65. The average molecular weight is 763 g/mol. The summed E-state index contributed by atoms with van der Waals surface area (Å²) in [6, 6.07) is 15.3. The first-order valence-corrected chi connectivity index (χ1v) is 25.9. The van der Waals surface area contributed by atoms with Crippen LogP contribution in [0.2, 0.25) is 0 Å². The van der Waals surface area contributed by atoms with Gasteiger partial charge in [-0.2, -0.15) is 10.2 Å². The first-order valence-electron chi connectivity index (χ1n) is 13.3. The lowest BCUT2D eigenvalue weighted by Crippen LogP contribution is -2.32. The number of benzene rings is 2. The van der Waals surface area contributed by atoms with Crippen molar-refractivity contribution in [2.45, 2.75) is 57.6 Å². The molecule has 0 saturated heterocycles. The van der Waals surface area contributed by atoms with E-state index in [9.17, 15) is 0 Å². The van der Waals surface area contributed by atoms with Crippen molar-refractivity contribution >= 4 is 93.9 Å². The highest BCUT2D eigenvalue weighted by Crippen LogP contribution is 2.74. The van der Waals surface area contributed by atoms with E-state index in [1.165, 1.54) is 4.78 Å². The maximum atomic E-state index is 6.57. The molecule has 0 fully saturated rings. The van der Waals surface area contributed by atoms with Crippen molar-refractivity contribution in [2.75, 3.05) is 14.1 Å². The quantitative estimate of drug-likeness (QED) is 0.0824. The Bertz CT molecular complexity index is 1310. The smallest absolute Gasteiger partial charge is 0.222 e. The topological polar surface area (TPSA) is 128 Å². The van der Waals surface area contributed by atoms with Crippen LogP contribution in [0.4, 0.5) is 0 Å². The van der Waals surface area contributed by atoms with E-state index in [1.54, 1.807) is 19.5 Å². The normalized spacial score (nSPS) is 16.3. The van der Waals surface area contributed by atoms with Crippen LogP contribution >= 0.6 is 57.9 Å². The van der Waals surface area contributed by atoms with Gasteiger partial charge in [0.05, 0.1) is 27.0 Å². The maximum Gasteiger partial charge on any atom is 0.222 e. The summed E-state index contributed by atoms with van der Waals surface area (Å²) in [5.41, 5.74) is 20.5. The van der Waals surface area contributed by atoms with Crippen LogP contribution in [-0.2, 0) is 23.6 Å². The van der Waals surface area contributed by atoms with Gasteiger partial charge in [-0.1, -0.05) is 25.2 Å². The molecular weight excluding hydrogens is 720 g/mol. The number of nitrogens with zero attached hydrogens (tertiary/aromatic N) is 4. The third-order valence-corrected chi connectivity index (χ3v) is 21.6. The van der Waals surface area contributed by atoms with Gasteiger partial charge in [0.25, 0.3) is 0 Å². The van der Waals surface area contributed by atoms with Crippen LogP contribution in [0.3, 0.4) is 0 Å². The molecule has 43 heavy (non-hydrogen) atoms. The average Bonchev–Trinajstić information content (AvgIpc) is 2.97. The summed E-state index contributed by atoms with van der Waals surface area (Å²) < 4.78 is 15.9. The summed E-state index contributed by atoms with van der Waals surface area (Å²) in [4.78, 5) is -2.65. The molecule has 18 heteroatoms. The molecule has 2 rings (SSSR count). The number of hydrogen-bond acceptors (Lipinski definition) is 9. The lowest BCUT2D eigenvalue weighted by molar-refractivity contribution is 0.167. The van der Waals surface area contributed by atoms with Crippen LogP contribution in [-0.4, -0.2) is 46.8 Å². The Labute approximate surface area is 281 Å². The lowest BCUT2D eigenvalue weighted by Gasteiger charge is -2.38. The number of hydrazone groups is 2. The van der Waals surface area contributed by atoms with Gasteiger partial charge in [0.15, 0.2) is 0 Å². The predicted molar refractivity (Wildman–Crippen MR) is 203 cm³/mol. The van der Waals surface area contributed by atoms with E-state index >= 15 is 0 Å². The van der Waals surface area contributed by atoms with E-state index in [2.05, 4.69) is 24.1 Å². The molecule has 6 N–H and O–H groups in total. The molecule has 0 saturated carbocycles. The molecule has 0 aliphatic heterocycles. The number of ether oxygens (including phenoxy) is 2.